The van der Waals surface area contributed by atoms with Crippen molar-refractivity contribution in [2.75, 3.05) is 6.61 Å². The molecule has 2 aliphatic rings. The first-order valence-corrected chi connectivity index (χ1v) is 9.89. The number of halogens is 1. The molecular formula is C23H27FN2O3. The number of unbranched alkanes of at least 4 members (excludes halogenated alkanes) is 1. The summed E-state index contributed by atoms with van der Waals surface area (Å²) < 4.78 is 19.3. The van der Waals surface area contributed by atoms with Crippen molar-refractivity contribution in [3.8, 4) is 0 Å². The first-order chi connectivity index (χ1) is 13.8. The van der Waals surface area contributed by atoms with Crippen molar-refractivity contribution in [2.24, 2.45) is 0 Å². The Balaban J connectivity index is 2.14. The Kier molecular flexibility index (Phi) is 6.03. The lowest BCUT2D eigenvalue weighted by molar-refractivity contribution is -0.0682. The van der Waals surface area contributed by atoms with Crippen LogP contribution in [0.15, 0.2) is 59.5 Å². The zero-order valence-corrected chi connectivity index (χ0v) is 17.0. The zero-order valence-electron chi connectivity index (χ0n) is 17.0. The Labute approximate surface area is 170 Å². The van der Waals surface area contributed by atoms with Crippen molar-refractivity contribution in [2.45, 2.75) is 51.8 Å². The normalized spacial score (nSPS) is 23.0. The summed E-state index contributed by atoms with van der Waals surface area (Å²) in [6, 6.07) is 7.21. The van der Waals surface area contributed by atoms with Gasteiger partial charge in [-0.15, -0.1) is 0 Å². The van der Waals surface area contributed by atoms with E-state index in [1.165, 1.54) is 23.1 Å². The van der Waals surface area contributed by atoms with Crippen LogP contribution in [0.4, 0.5) is 9.18 Å². The molecule has 2 atom stereocenters. The third kappa shape index (κ3) is 3.90. The molecular weight excluding hydrogens is 371 g/mol. The summed E-state index contributed by atoms with van der Waals surface area (Å²) >= 11 is 0. The van der Waals surface area contributed by atoms with E-state index >= 15 is 0 Å². The fourth-order valence-electron chi connectivity index (χ4n) is 3.97. The van der Waals surface area contributed by atoms with Gasteiger partial charge in [0.15, 0.2) is 5.72 Å². The summed E-state index contributed by atoms with van der Waals surface area (Å²) in [5, 5.41) is 20.0. The number of carbonyl (C=O) groups excluding carboxylic acids is 1. The van der Waals surface area contributed by atoms with Crippen molar-refractivity contribution in [3.05, 3.63) is 70.6 Å². The molecule has 1 aromatic rings. The van der Waals surface area contributed by atoms with Gasteiger partial charge in [-0.3, -0.25) is 4.90 Å². The van der Waals surface area contributed by atoms with Gasteiger partial charge in [-0.1, -0.05) is 37.6 Å². The number of nitrogens with zero attached hydrogens (tertiary/aromatic N) is 1. The summed E-state index contributed by atoms with van der Waals surface area (Å²) in [4.78, 5) is 14.1. The second-order valence-electron chi connectivity index (χ2n) is 7.55. The molecule has 0 spiro atoms. The van der Waals surface area contributed by atoms with Crippen LogP contribution < -0.4 is 0 Å². The lowest BCUT2D eigenvalue weighted by Gasteiger charge is -2.41. The van der Waals surface area contributed by atoms with Gasteiger partial charge in [0.05, 0.1) is 11.8 Å². The van der Waals surface area contributed by atoms with Crippen molar-refractivity contribution in [1.82, 2.24) is 4.90 Å². The third-order valence-electron chi connectivity index (χ3n) is 5.68. The molecule has 5 nitrogen and oxygen atoms in total. The van der Waals surface area contributed by atoms with Crippen molar-refractivity contribution >= 4 is 11.8 Å². The predicted octanol–water partition coefficient (Wildman–Crippen LogP) is 5.13. The average molecular weight is 398 g/mol. The average Bonchev–Trinajstić information content (AvgIpc) is 3.09. The monoisotopic (exact) mass is 398 g/mol. The highest BCUT2D eigenvalue weighted by Crippen LogP contribution is 2.41. The van der Waals surface area contributed by atoms with Crippen LogP contribution >= 0.6 is 0 Å². The fraction of sp³-hybridized carbons (Fsp3) is 0.391. The number of aliphatic hydroxyl groups is 1. The number of cyclic esters (lactones) is 1. The summed E-state index contributed by atoms with van der Waals surface area (Å²) in [5.41, 5.74) is 0.938. The molecule has 1 saturated heterocycles. The van der Waals surface area contributed by atoms with E-state index in [1.807, 2.05) is 38.1 Å². The Morgan fingerprint density at radius 2 is 2.10 bits per heavy atom. The summed E-state index contributed by atoms with van der Waals surface area (Å²) in [6.07, 6.45) is 4.92. The van der Waals surface area contributed by atoms with E-state index in [-0.39, 0.29) is 24.3 Å². The first kappa shape index (κ1) is 21.0. The molecule has 0 saturated carbocycles. The Bertz CT molecular complexity index is 918. The number of aryl methyl sites for hydroxylation is 1. The lowest BCUT2D eigenvalue weighted by Crippen LogP contribution is -2.52. The minimum Gasteiger partial charge on any atom is -0.447 e. The maximum Gasteiger partial charge on any atom is 0.413 e. The van der Waals surface area contributed by atoms with Crippen LogP contribution in [-0.2, 0) is 4.74 Å². The van der Waals surface area contributed by atoms with E-state index < -0.39 is 23.7 Å². The third-order valence-corrected chi connectivity index (χ3v) is 5.68. The number of hydrogen-bond donors (Lipinski definition) is 2. The van der Waals surface area contributed by atoms with Crippen molar-refractivity contribution in [1.29, 1.82) is 5.41 Å². The van der Waals surface area contributed by atoms with Gasteiger partial charge in [-0.25, -0.2) is 9.18 Å². The van der Waals surface area contributed by atoms with E-state index in [0.717, 1.165) is 17.5 Å². The molecule has 1 unspecified atom stereocenters. The van der Waals surface area contributed by atoms with Crippen molar-refractivity contribution in [3.63, 3.8) is 0 Å². The topological polar surface area (TPSA) is 73.6 Å². The number of nitrogens with one attached hydrogen (secondary N) is 1. The molecule has 1 aliphatic carbocycles. The molecule has 3 rings (SSSR count). The van der Waals surface area contributed by atoms with Crippen LogP contribution in [0.1, 0.15) is 50.3 Å². The largest absolute Gasteiger partial charge is 0.447 e. The molecule has 1 aromatic carbocycles. The Hall–Kier alpha value is -2.73. The molecule has 1 aliphatic heterocycles. The molecule has 154 valence electrons. The van der Waals surface area contributed by atoms with E-state index in [1.54, 1.807) is 6.92 Å². The maximum absolute atomic E-state index is 13.9. The Morgan fingerprint density at radius 3 is 2.79 bits per heavy atom. The fourth-order valence-corrected chi connectivity index (χ4v) is 3.97. The van der Waals surface area contributed by atoms with E-state index in [9.17, 15) is 14.3 Å². The molecule has 1 amide bonds. The van der Waals surface area contributed by atoms with Gasteiger partial charge >= 0.3 is 6.09 Å². The van der Waals surface area contributed by atoms with Gasteiger partial charge in [0.1, 0.15) is 12.4 Å². The highest BCUT2D eigenvalue weighted by Gasteiger charge is 2.49. The van der Waals surface area contributed by atoms with Crippen LogP contribution in [0.2, 0.25) is 0 Å². The van der Waals surface area contributed by atoms with Crippen LogP contribution in [0.25, 0.3) is 0 Å². The van der Waals surface area contributed by atoms with E-state index in [2.05, 4.69) is 0 Å². The number of benzene rings is 1. The summed E-state index contributed by atoms with van der Waals surface area (Å²) in [6.45, 7) is 5.73. The Morgan fingerprint density at radius 1 is 1.38 bits per heavy atom. The minimum absolute atomic E-state index is 0.0961. The van der Waals surface area contributed by atoms with Gasteiger partial charge in [-0.2, -0.15) is 0 Å². The zero-order chi connectivity index (χ0) is 21.2. The molecule has 2 N–H and O–H groups in total. The van der Waals surface area contributed by atoms with Gasteiger partial charge < -0.3 is 15.3 Å². The number of rotatable bonds is 6. The van der Waals surface area contributed by atoms with Crippen LogP contribution in [0.5, 0.6) is 0 Å². The van der Waals surface area contributed by atoms with E-state index in [0.29, 0.717) is 12.0 Å². The van der Waals surface area contributed by atoms with Gasteiger partial charge in [0.2, 0.25) is 0 Å². The first-order valence-electron chi connectivity index (χ1n) is 9.89. The lowest BCUT2D eigenvalue weighted by atomic mass is 9.87. The summed E-state index contributed by atoms with van der Waals surface area (Å²) in [7, 11) is 0. The summed E-state index contributed by atoms with van der Waals surface area (Å²) in [5.74, 6) is -0.493. The van der Waals surface area contributed by atoms with Crippen LogP contribution in [0.3, 0.4) is 0 Å². The number of allylic oxidation sites excluding steroid dienone is 5. The highest BCUT2D eigenvalue weighted by atomic mass is 19.1. The number of amides is 1. The van der Waals surface area contributed by atoms with Gasteiger partial charge in [0, 0.05) is 5.57 Å². The highest BCUT2D eigenvalue weighted by molar-refractivity contribution is 6.10. The second-order valence-corrected chi connectivity index (χ2v) is 7.55. The molecule has 1 heterocycles. The predicted molar refractivity (Wildman–Crippen MR) is 110 cm³/mol. The second kappa shape index (κ2) is 8.33. The van der Waals surface area contributed by atoms with Crippen LogP contribution in [-0.4, -0.2) is 34.1 Å². The number of hydrogen-bond acceptors (Lipinski definition) is 4. The molecule has 1 fully saturated rings. The van der Waals surface area contributed by atoms with Gasteiger partial charge in [0.25, 0.3) is 0 Å². The minimum atomic E-state index is -1.69. The number of carbonyl (C=O) groups is 1. The quantitative estimate of drug-likeness (QED) is 0.698. The van der Waals surface area contributed by atoms with Gasteiger partial charge in [-0.05, 0) is 61.6 Å². The molecule has 29 heavy (non-hydrogen) atoms. The van der Waals surface area contributed by atoms with Crippen LogP contribution in [0, 0.1) is 12.3 Å². The van der Waals surface area contributed by atoms with E-state index in [4.69, 9.17) is 10.1 Å². The standard InChI is InChI=1S/C23H27FN2O3/c1-4-5-12-23(28,16(3)19-13-17(24)10-11-20(19)25)26-21(14-29-22(26)27)18-9-7-6-8-15(18)2/h6-11,13,21,25,28H,4-5,12,14H2,1-3H3/b19-16+,25-20?/t21-,23?/m0/s1. The maximum atomic E-state index is 13.9. The molecule has 0 aromatic heterocycles. The van der Waals surface area contributed by atoms with Crippen molar-refractivity contribution < 1.29 is 19.0 Å². The number of ether oxygens (including phenoxy) is 1. The smallest absolute Gasteiger partial charge is 0.413 e. The molecule has 6 heteroatoms. The molecule has 0 bridgehead atoms. The SMILES string of the molecule is CCCCC(O)(/C(C)=C1\C=C(F)C=CC1=N)N1C(=O)OC[C@H]1c1ccccc1C. The molecule has 0 radical (unpaired) electrons.